The molecule has 0 unspecified atom stereocenters. The SMILES string of the molecule is CCCCCCCCC(CCCCCCCC)OC(=O)CCCCCCCOC(=O)[C@@H]1C[C@@H](O)CCN1. The molecule has 1 saturated heterocycles. The number of esters is 2. The minimum atomic E-state index is -0.410. The molecule has 0 saturated carbocycles. The molecule has 0 radical (unpaired) electrons. The van der Waals surface area contributed by atoms with Gasteiger partial charge in [-0.25, -0.2) is 0 Å². The molecule has 0 spiro atoms. The minimum Gasteiger partial charge on any atom is -0.465 e. The Kier molecular flexibility index (Phi) is 21.9. The number of ether oxygens (including phenoxy) is 2. The van der Waals surface area contributed by atoms with Crippen LogP contribution in [0.25, 0.3) is 0 Å². The van der Waals surface area contributed by atoms with Crippen molar-refractivity contribution < 1.29 is 24.2 Å². The Hall–Kier alpha value is -1.14. The van der Waals surface area contributed by atoms with E-state index in [2.05, 4.69) is 19.2 Å². The van der Waals surface area contributed by atoms with Crippen LogP contribution in [0.3, 0.4) is 0 Å². The average Bonchev–Trinajstić information content (AvgIpc) is 2.89. The Balaban J connectivity index is 2.12. The van der Waals surface area contributed by atoms with Crippen molar-refractivity contribution in [3.8, 4) is 0 Å². The van der Waals surface area contributed by atoms with Gasteiger partial charge in [-0.15, -0.1) is 0 Å². The Morgan fingerprint density at radius 2 is 1.32 bits per heavy atom. The number of hydrogen-bond acceptors (Lipinski definition) is 6. The molecule has 0 aromatic rings. The first-order valence-electron chi connectivity index (χ1n) is 15.8. The number of aliphatic hydroxyl groups is 1. The summed E-state index contributed by atoms with van der Waals surface area (Å²) in [7, 11) is 0. The summed E-state index contributed by atoms with van der Waals surface area (Å²) < 4.78 is 11.3. The normalized spacial score (nSPS) is 17.7. The molecule has 0 amide bonds. The van der Waals surface area contributed by atoms with E-state index in [1.807, 2.05) is 0 Å². The molecule has 0 bridgehead atoms. The van der Waals surface area contributed by atoms with Gasteiger partial charge < -0.3 is 19.9 Å². The summed E-state index contributed by atoms with van der Waals surface area (Å²) in [5, 5.41) is 12.8. The molecule has 218 valence electrons. The average molecular weight is 526 g/mol. The van der Waals surface area contributed by atoms with Crippen LogP contribution in [-0.4, -0.2) is 48.4 Å². The molecule has 1 rings (SSSR count). The third-order valence-corrected chi connectivity index (χ3v) is 7.49. The van der Waals surface area contributed by atoms with Gasteiger partial charge in [0.1, 0.15) is 12.1 Å². The second-order valence-corrected chi connectivity index (χ2v) is 11.1. The topological polar surface area (TPSA) is 84.9 Å². The van der Waals surface area contributed by atoms with Crippen molar-refractivity contribution in [2.45, 2.75) is 173 Å². The Morgan fingerprint density at radius 1 is 0.784 bits per heavy atom. The van der Waals surface area contributed by atoms with Gasteiger partial charge in [0.25, 0.3) is 0 Å². The highest BCUT2D eigenvalue weighted by Gasteiger charge is 2.26. The second-order valence-electron chi connectivity index (χ2n) is 11.1. The van der Waals surface area contributed by atoms with E-state index >= 15 is 0 Å². The fourth-order valence-electron chi connectivity index (χ4n) is 5.06. The maximum atomic E-state index is 12.5. The molecule has 0 aliphatic carbocycles. The lowest BCUT2D eigenvalue weighted by atomic mass is 10.0. The zero-order chi connectivity index (χ0) is 27.0. The third-order valence-electron chi connectivity index (χ3n) is 7.49. The standard InChI is InChI=1S/C31H59NO5/c1-3-5-7-9-12-16-20-28(21-17-13-10-8-6-4-2)37-30(34)22-18-14-11-15-19-25-36-31(35)29-26-27(33)23-24-32-29/h27-29,32-33H,3-26H2,1-2H3/t27-,29-/m0/s1. The van der Waals surface area contributed by atoms with Crippen LogP contribution in [0.5, 0.6) is 0 Å². The van der Waals surface area contributed by atoms with Crippen LogP contribution in [0.15, 0.2) is 0 Å². The van der Waals surface area contributed by atoms with Crippen LogP contribution in [-0.2, 0) is 19.1 Å². The van der Waals surface area contributed by atoms with E-state index in [9.17, 15) is 14.7 Å². The maximum absolute atomic E-state index is 12.5. The largest absolute Gasteiger partial charge is 0.465 e. The van der Waals surface area contributed by atoms with Crippen LogP contribution in [0.1, 0.15) is 155 Å². The highest BCUT2D eigenvalue weighted by Crippen LogP contribution is 2.18. The highest BCUT2D eigenvalue weighted by atomic mass is 16.5. The van der Waals surface area contributed by atoms with Gasteiger partial charge in [-0.1, -0.05) is 97.3 Å². The van der Waals surface area contributed by atoms with Gasteiger partial charge in [0.15, 0.2) is 0 Å². The fourth-order valence-corrected chi connectivity index (χ4v) is 5.06. The van der Waals surface area contributed by atoms with Crippen LogP contribution in [0, 0.1) is 0 Å². The monoisotopic (exact) mass is 525 g/mol. The van der Waals surface area contributed by atoms with Crippen molar-refractivity contribution in [2.24, 2.45) is 0 Å². The van der Waals surface area contributed by atoms with E-state index in [0.29, 0.717) is 32.4 Å². The molecular weight excluding hydrogens is 466 g/mol. The summed E-state index contributed by atoms with van der Waals surface area (Å²) in [4.78, 5) is 24.5. The zero-order valence-corrected chi connectivity index (χ0v) is 24.3. The van der Waals surface area contributed by atoms with E-state index < -0.39 is 6.10 Å². The maximum Gasteiger partial charge on any atom is 0.323 e. The molecule has 0 aromatic heterocycles. The van der Waals surface area contributed by atoms with Gasteiger partial charge in [-0.2, -0.15) is 0 Å². The first kappa shape index (κ1) is 33.9. The number of unbranched alkanes of at least 4 members (excludes halogenated alkanes) is 14. The van der Waals surface area contributed by atoms with Crippen molar-refractivity contribution >= 4 is 11.9 Å². The van der Waals surface area contributed by atoms with Crippen molar-refractivity contribution in [3.05, 3.63) is 0 Å². The Bertz CT molecular complexity index is 540. The van der Waals surface area contributed by atoms with Crippen molar-refractivity contribution in [2.75, 3.05) is 13.2 Å². The lowest BCUT2D eigenvalue weighted by Gasteiger charge is -2.25. The summed E-state index contributed by atoms with van der Waals surface area (Å²) in [6.07, 6.45) is 23.3. The number of piperidine rings is 1. The summed E-state index contributed by atoms with van der Waals surface area (Å²) in [6.45, 7) is 5.57. The van der Waals surface area contributed by atoms with Gasteiger partial charge in [-0.05, 0) is 57.9 Å². The van der Waals surface area contributed by atoms with Gasteiger partial charge in [-0.3, -0.25) is 9.59 Å². The number of carbonyl (C=O) groups excluding carboxylic acids is 2. The Labute approximate surface area is 228 Å². The van der Waals surface area contributed by atoms with E-state index in [0.717, 1.165) is 44.9 Å². The first-order valence-corrected chi connectivity index (χ1v) is 15.8. The highest BCUT2D eigenvalue weighted by molar-refractivity contribution is 5.76. The zero-order valence-electron chi connectivity index (χ0n) is 24.3. The second kappa shape index (κ2) is 23.9. The van der Waals surface area contributed by atoms with E-state index in [1.165, 1.54) is 77.0 Å². The molecular formula is C31H59NO5. The predicted molar refractivity (Wildman–Crippen MR) is 152 cm³/mol. The molecule has 1 aliphatic rings. The van der Waals surface area contributed by atoms with E-state index in [4.69, 9.17) is 9.47 Å². The smallest absolute Gasteiger partial charge is 0.323 e. The summed E-state index contributed by atoms with van der Waals surface area (Å²) in [5.41, 5.74) is 0. The molecule has 37 heavy (non-hydrogen) atoms. The predicted octanol–water partition coefficient (Wildman–Crippen LogP) is 7.40. The lowest BCUT2D eigenvalue weighted by Crippen LogP contribution is -2.46. The molecule has 1 aliphatic heterocycles. The van der Waals surface area contributed by atoms with Crippen molar-refractivity contribution in [1.29, 1.82) is 0 Å². The van der Waals surface area contributed by atoms with Crippen molar-refractivity contribution in [1.82, 2.24) is 5.32 Å². The quantitative estimate of drug-likeness (QED) is 0.101. The summed E-state index contributed by atoms with van der Waals surface area (Å²) in [6, 6.07) is -0.374. The van der Waals surface area contributed by atoms with Gasteiger partial charge in [0.2, 0.25) is 0 Å². The molecule has 2 N–H and O–H groups in total. The summed E-state index contributed by atoms with van der Waals surface area (Å²) in [5.74, 6) is -0.281. The molecule has 1 fully saturated rings. The van der Waals surface area contributed by atoms with Crippen molar-refractivity contribution in [3.63, 3.8) is 0 Å². The molecule has 1 heterocycles. The number of rotatable bonds is 24. The molecule has 6 heteroatoms. The molecule has 2 atom stereocenters. The third kappa shape index (κ3) is 19.6. The van der Waals surface area contributed by atoms with Crippen LogP contribution in [0.4, 0.5) is 0 Å². The number of aliphatic hydroxyl groups excluding tert-OH is 1. The number of carbonyl (C=O) groups is 2. The molecule has 6 nitrogen and oxygen atoms in total. The van der Waals surface area contributed by atoms with Gasteiger partial charge in [0, 0.05) is 6.42 Å². The molecule has 0 aromatic carbocycles. The van der Waals surface area contributed by atoms with Crippen LogP contribution >= 0.6 is 0 Å². The fraction of sp³-hybridized carbons (Fsp3) is 0.935. The van der Waals surface area contributed by atoms with Crippen LogP contribution in [0.2, 0.25) is 0 Å². The first-order chi connectivity index (χ1) is 18.1. The van der Waals surface area contributed by atoms with E-state index in [1.54, 1.807) is 0 Å². The Morgan fingerprint density at radius 3 is 1.92 bits per heavy atom. The van der Waals surface area contributed by atoms with Crippen LogP contribution < -0.4 is 5.32 Å². The number of hydrogen-bond donors (Lipinski definition) is 2. The van der Waals surface area contributed by atoms with Gasteiger partial charge in [0.05, 0.1) is 12.7 Å². The van der Waals surface area contributed by atoms with Gasteiger partial charge >= 0.3 is 11.9 Å². The minimum absolute atomic E-state index is 0.0296. The summed E-state index contributed by atoms with van der Waals surface area (Å²) >= 11 is 0. The number of nitrogens with one attached hydrogen (secondary N) is 1. The lowest BCUT2D eigenvalue weighted by molar-refractivity contribution is -0.150. The van der Waals surface area contributed by atoms with E-state index in [-0.39, 0.29) is 24.1 Å².